The molecule has 4 aliphatic rings. The summed E-state index contributed by atoms with van der Waals surface area (Å²) in [5, 5.41) is 11.0. The number of benzene rings is 3. The summed E-state index contributed by atoms with van der Waals surface area (Å²) in [6.45, 7) is 0.846. The second kappa shape index (κ2) is 7.17. The number of allylic oxidation sites excluding steroid dienone is 2. The monoisotopic (exact) mass is 428 g/mol. The third kappa shape index (κ3) is 2.91. The minimum absolute atomic E-state index is 0.105. The molecule has 0 bridgehead atoms. The first-order valence-electron chi connectivity index (χ1n) is 11.5. The lowest BCUT2D eigenvalue weighted by atomic mass is 9.89. The molecule has 2 unspecified atom stereocenters. The Labute approximate surface area is 193 Å². The summed E-state index contributed by atoms with van der Waals surface area (Å²) < 4.78 is 0. The number of anilines is 1. The first-order valence-corrected chi connectivity index (χ1v) is 11.5. The summed E-state index contributed by atoms with van der Waals surface area (Å²) in [7, 11) is 0. The van der Waals surface area contributed by atoms with Crippen molar-refractivity contribution in [3.05, 3.63) is 131 Å². The maximum atomic E-state index is 3.83. The van der Waals surface area contributed by atoms with Crippen LogP contribution in [-0.4, -0.2) is 17.6 Å². The fourth-order valence-electron chi connectivity index (χ4n) is 5.27. The standard InChI is InChI=1S/C29H24N4/c1-4-10-25-21(7-1)17-22(18-30-25)19-12-14-20(15-13-19)27-23-8-2-3-9-24(23)28-29(32-27)33-16-6-5-11-26(33)31-28/h1-17,26-27,30-32H,18H2. The summed E-state index contributed by atoms with van der Waals surface area (Å²) in [5.41, 5.74) is 10.0. The minimum atomic E-state index is 0.105. The van der Waals surface area contributed by atoms with Crippen molar-refractivity contribution < 1.29 is 0 Å². The Morgan fingerprint density at radius 1 is 0.818 bits per heavy atom. The van der Waals surface area contributed by atoms with Crippen LogP contribution in [0.2, 0.25) is 0 Å². The maximum absolute atomic E-state index is 3.83. The highest BCUT2D eigenvalue weighted by molar-refractivity contribution is 5.90. The van der Waals surface area contributed by atoms with E-state index in [0.29, 0.717) is 0 Å². The van der Waals surface area contributed by atoms with Crippen molar-refractivity contribution in [2.75, 3.05) is 11.9 Å². The van der Waals surface area contributed by atoms with Gasteiger partial charge in [0.2, 0.25) is 0 Å². The zero-order chi connectivity index (χ0) is 21.8. The van der Waals surface area contributed by atoms with Gasteiger partial charge >= 0.3 is 0 Å². The van der Waals surface area contributed by atoms with Gasteiger partial charge in [0.25, 0.3) is 0 Å². The van der Waals surface area contributed by atoms with Crippen LogP contribution in [0.3, 0.4) is 0 Å². The number of para-hydroxylation sites is 1. The van der Waals surface area contributed by atoms with Crippen LogP contribution >= 0.6 is 0 Å². The molecule has 0 saturated heterocycles. The van der Waals surface area contributed by atoms with Crippen LogP contribution in [0.15, 0.2) is 103 Å². The van der Waals surface area contributed by atoms with Crippen molar-refractivity contribution in [2.45, 2.75) is 12.2 Å². The molecule has 0 aromatic heterocycles. The molecule has 4 aliphatic heterocycles. The summed E-state index contributed by atoms with van der Waals surface area (Å²) in [6.07, 6.45) is 11.0. The Bertz CT molecular complexity index is 1380. The molecule has 3 aromatic carbocycles. The van der Waals surface area contributed by atoms with E-state index in [1.165, 1.54) is 44.8 Å². The molecule has 160 valence electrons. The van der Waals surface area contributed by atoms with Gasteiger partial charge in [-0.1, -0.05) is 72.8 Å². The summed E-state index contributed by atoms with van der Waals surface area (Å²) in [5.74, 6) is 1.14. The molecular formula is C29H24N4. The van der Waals surface area contributed by atoms with Gasteiger partial charge in [-0.15, -0.1) is 0 Å². The van der Waals surface area contributed by atoms with Crippen molar-refractivity contribution in [2.24, 2.45) is 0 Å². The van der Waals surface area contributed by atoms with Gasteiger partial charge in [-0.3, -0.25) is 0 Å². The van der Waals surface area contributed by atoms with E-state index in [2.05, 4.69) is 124 Å². The highest BCUT2D eigenvalue weighted by Gasteiger charge is 2.37. The van der Waals surface area contributed by atoms with Crippen LogP contribution in [-0.2, 0) is 0 Å². The molecule has 0 radical (unpaired) electrons. The van der Waals surface area contributed by atoms with Gasteiger partial charge in [-0.25, -0.2) is 0 Å². The summed E-state index contributed by atoms with van der Waals surface area (Å²) in [6, 6.07) is 26.3. The lowest BCUT2D eigenvalue weighted by molar-refractivity contribution is 0.370. The van der Waals surface area contributed by atoms with E-state index < -0.39 is 0 Å². The normalized spacial score (nSPS) is 21.7. The number of hydrogen-bond donors (Lipinski definition) is 3. The average molecular weight is 429 g/mol. The number of rotatable bonds is 2. The highest BCUT2D eigenvalue weighted by Crippen LogP contribution is 2.40. The molecule has 4 heterocycles. The average Bonchev–Trinajstić information content (AvgIpc) is 3.27. The van der Waals surface area contributed by atoms with E-state index >= 15 is 0 Å². The summed E-state index contributed by atoms with van der Waals surface area (Å²) in [4.78, 5) is 2.28. The Morgan fingerprint density at radius 2 is 1.67 bits per heavy atom. The molecule has 0 spiro atoms. The molecule has 4 heteroatoms. The van der Waals surface area contributed by atoms with Crippen molar-refractivity contribution in [1.29, 1.82) is 0 Å². The van der Waals surface area contributed by atoms with Crippen LogP contribution in [0.25, 0.3) is 17.3 Å². The van der Waals surface area contributed by atoms with Crippen molar-refractivity contribution in [1.82, 2.24) is 15.5 Å². The van der Waals surface area contributed by atoms with Crippen molar-refractivity contribution >= 4 is 23.0 Å². The van der Waals surface area contributed by atoms with E-state index in [9.17, 15) is 0 Å². The first kappa shape index (κ1) is 18.4. The number of fused-ring (bicyclic) bond motifs is 5. The Hall–Kier alpha value is -4.18. The Balaban J connectivity index is 1.24. The number of nitrogens with one attached hydrogen (secondary N) is 3. The molecule has 7 rings (SSSR count). The van der Waals surface area contributed by atoms with Crippen LogP contribution < -0.4 is 16.0 Å². The largest absolute Gasteiger partial charge is 0.380 e. The Morgan fingerprint density at radius 3 is 2.61 bits per heavy atom. The third-order valence-corrected chi connectivity index (χ3v) is 6.93. The molecule has 3 aromatic rings. The second-order valence-electron chi connectivity index (χ2n) is 8.84. The smallest absolute Gasteiger partial charge is 0.133 e. The van der Waals surface area contributed by atoms with Gasteiger partial charge in [-0.05, 0) is 52.1 Å². The molecule has 0 amide bonds. The Kier molecular flexibility index (Phi) is 4.00. The van der Waals surface area contributed by atoms with Gasteiger partial charge < -0.3 is 20.9 Å². The predicted octanol–water partition coefficient (Wildman–Crippen LogP) is 5.29. The summed E-state index contributed by atoms with van der Waals surface area (Å²) >= 11 is 0. The zero-order valence-corrected chi connectivity index (χ0v) is 18.1. The fourth-order valence-corrected chi connectivity index (χ4v) is 5.27. The topological polar surface area (TPSA) is 39.3 Å². The van der Waals surface area contributed by atoms with Crippen LogP contribution in [0.4, 0.5) is 5.69 Å². The van der Waals surface area contributed by atoms with Crippen LogP contribution in [0.1, 0.15) is 33.9 Å². The van der Waals surface area contributed by atoms with Crippen LogP contribution in [0.5, 0.6) is 0 Å². The molecule has 0 saturated carbocycles. The van der Waals surface area contributed by atoms with E-state index in [-0.39, 0.29) is 12.2 Å². The van der Waals surface area contributed by atoms with Gasteiger partial charge in [0.1, 0.15) is 12.0 Å². The number of nitrogens with zero attached hydrogens (tertiary/aromatic N) is 1. The van der Waals surface area contributed by atoms with Gasteiger partial charge in [0.15, 0.2) is 0 Å². The van der Waals surface area contributed by atoms with Crippen LogP contribution in [0, 0.1) is 0 Å². The number of hydrogen-bond acceptors (Lipinski definition) is 4. The molecule has 4 nitrogen and oxygen atoms in total. The molecule has 0 aliphatic carbocycles. The van der Waals surface area contributed by atoms with E-state index in [1.54, 1.807) is 0 Å². The fraction of sp³-hybridized carbons (Fsp3) is 0.103. The SMILES string of the molecule is C1=CC2NC3=C(NC(c4ccc(C5=Cc6ccccc6NC5)cc4)c4ccccc43)N2C=C1. The van der Waals surface area contributed by atoms with Gasteiger partial charge in [0, 0.05) is 24.0 Å². The maximum Gasteiger partial charge on any atom is 0.133 e. The molecule has 0 fully saturated rings. The van der Waals surface area contributed by atoms with Crippen molar-refractivity contribution in [3.8, 4) is 0 Å². The molecule has 33 heavy (non-hydrogen) atoms. The molecule has 3 N–H and O–H groups in total. The van der Waals surface area contributed by atoms with E-state index in [1.807, 2.05) is 0 Å². The lowest BCUT2D eigenvalue weighted by Gasteiger charge is -2.32. The predicted molar refractivity (Wildman–Crippen MR) is 135 cm³/mol. The van der Waals surface area contributed by atoms with E-state index in [4.69, 9.17) is 0 Å². The molecule has 2 atom stereocenters. The third-order valence-electron chi connectivity index (χ3n) is 6.93. The quantitative estimate of drug-likeness (QED) is 0.519. The van der Waals surface area contributed by atoms with Gasteiger partial charge in [-0.2, -0.15) is 0 Å². The minimum Gasteiger partial charge on any atom is -0.380 e. The molecular weight excluding hydrogens is 404 g/mol. The van der Waals surface area contributed by atoms with Crippen molar-refractivity contribution in [3.63, 3.8) is 0 Å². The lowest BCUT2D eigenvalue weighted by Crippen LogP contribution is -2.36. The second-order valence-corrected chi connectivity index (χ2v) is 8.84. The van der Waals surface area contributed by atoms with E-state index in [0.717, 1.165) is 12.4 Å². The highest BCUT2D eigenvalue weighted by atomic mass is 15.4. The van der Waals surface area contributed by atoms with Gasteiger partial charge in [0.05, 0.1) is 11.7 Å². The first-order chi connectivity index (χ1) is 16.3. The zero-order valence-electron chi connectivity index (χ0n) is 18.1.